The zero-order valence-electron chi connectivity index (χ0n) is 9.07. The van der Waals surface area contributed by atoms with Crippen molar-refractivity contribution in [1.29, 1.82) is 0 Å². The number of anilines is 1. The van der Waals surface area contributed by atoms with Gasteiger partial charge in [0, 0.05) is 23.3 Å². The number of nitrogens with zero attached hydrogens (tertiary/aromatic N) is 3. The highest BCUT2D eigenvalue weighted by Gasteiger charge is 2.12. The van der Waals surface area contributed by atoms with Gasteiger partial charge in [0.25, 0.3) is 5.43 Å². The number of rotatable bonds is 4. The van der Waals surface area contributed by atoms with Gasteiger partial charge in [0.1, 0.15) is 0 Å². The molecule has 0 amide bonds. The third kappa shape index (κ3) is 2.52. The first-order valence-corrected chi connectivity index (χ1v) is 5.67. The Kier molecular flexibility index (Phi) is 3.35. The Morgan fingerprint density at radius 3 is 3.00 bits per heavy atom. The summed E-state index contributed by atoms with van der Waals surface area (Å²) in [6, 6.07) is 1.17. The van der Waals surface area contributed by atoms with Crippen molar-refractivity contribution in [3.8, 4) is 0 Å². The lowest BCUT2D eigenvalue weighted by molar-refractivity contribution is -0.386. The third-order valence-electron chi connectivity index (χ3n) is 2.17. The number of nitrogen functional groups attached to an aromatic ring is 1. The lowest BCUT2D eigenvalue weighted by Gasteiger charge is -2.02. The fraction of sp³-hybridized carbons (Fsp3) is 0.111. The SMILES string of the molecule is NNc1ncc(Cn2ccc(=O)c([N+](=O)[O-])c2)s1. The molecule has 18 heavy (non-hydrogen) atoms. The molecule has 0 radical (unpaired) electrons. The molecule has 3 N–H and O–H groups in total. The van der Waals surface area contributed by atoms with Crippen molar-refractivity contribution in [3.63, 3.8) is 0 Å². The average molecular weight is 267 g/mol. The second-order valence-electron chi connectivity index (χ2n) is 3.40. The van der Waals surface area contributed by atoms with Crippen LogP contribution >= 0.6 is 11.3 Å². The van der Waals surface area contributed by atoms with E-state index in [0.29, 0.717) is 11.7 Å². The van der Waals surface area contributed by atoms with E-state index in [4.69, 9.17) is 5.84 Å². The van der Waals surface area contributed by atoms with Gasteiger partial charge in [-0.2, -0.15) is 0 Å². The topological polar surface area (TPSA) is 116 Å². The largest absolute Gasteiger partial charge is 0.343 e. The molecule has 0 bridgehead atoms. The van der Waals surface area contributed by atoms with Gasteiger partial charge in [-0.1, -0.05) is 11.3 Å². The summed E-state index contributed by atoms with van der Waals surface area (Å²) in [4.78, 5) is 26.0. The van der Waals surface area contributed by atoms with Crippen molar-refractivity contribution >= 4 is 22.2 Å². The van der Waals surface area contributed by atoms with Gasteiger partial charge in [0.15, 0.2) is 5.13 Å². The summed E-state index contributed by atoms with van der Waals surface area (Å²) in [6.45, 7) is 0.389. The standard InChI is InChI=1S/C9H9N5O3S/c10-12-9-11-3-6(18-9)4-13-2-1-8(15)7(5-13)14(16)17/h1-3,5H,4,10H2,(H,11,12). The van der Waals surface area contributed by atoms with Crippen molar-refractivity contribution in [2.75, 3.05) is 5.43 Å². The van der Waals surface area contributed by atoms with E-state index >= 15 is 0 Å². The molecule has 2 aromatic rings. The minimum absolute atomic E-state index is 0.389. The van der Waals surface area contributed by atoms with E-state index in [-0.39, 0.29) is 0 Å². The molecule has 0 aromatic carbocycles. The van der Waals surface area contributed by atoms with E-state index in [9.17, 15) is 14.9 Å². The molecule has 2 heterocycles. The number of nitrogens with one attached hydrogen (secondary N) is 1. The highest BCUT2D eigenvalue weighted by atomic mass is 32.1. The summed E-state index contributed by atoms with van der Waals surface area (Å²) in [5.74, 6) is 5.20. The lowest BCUT2D eigenvalue weighted by atomic mass is 10.4. The normalized spacial score (nSPS) is 10.3. The Labute approximate surface area is 105 Å². The number of hydrogen-bond donors (Lipinski definition) is 2. The van der Waals surface area contributed by atoms with Crippen molar-refractivity contribution in [2.24, 2.45) is 5.84 Å². The maximum atomic E-state index is 11.2. The van der Waals surface area contributed by atoms with Gasteiger partial charge in [-0.3, -0.25) is 20.3 Å². The van der Waals surface area contributed by atoms with E-state index in [1.54, 1.807) is 10.8 Å². The van der Waals surface area contributed by atoms with Crippen molar-refractivity contribution in [2.45, 2.75) is 6.54 Å². The van der Waals surface area contributed by atoms with Crippen LogP contribution in [-0.4, -0.2) is 14.5 Å². The molecule has 0 fully saturated rings. The fourth-order valence-corrected chi connectivity index (χ4v) is 2.11. The van der Waals surface area contributed by atoms with Gasteiger partial charge >= 0.3 is 5.69 Å². The summed E-state index contributed by atoms with van der Waals surface area (Å²) >= 11 is 1.33. The minimum atomic E-state index is -0.696. The van der Waals surface area contributed by atoms with Crippen LogP contribution in [0.25, 0.3) is 0 Å². The van der Waals surface area contributed by atoms with Gasteiger partial charge < -0.3 is 4.57 Å². The van der Waals surface area contributed by atoms with Gasteiger partial charge in [0.2, 0.25) is 0 Å². The number of nitrogens with two attached hydrogens (primary N) is 1. The van der Waals surface area contributed by atoms with E-state index in [2.05, 4.69) is 10.4 Å². The van der Waals surface area contributed by atoms with Crippen LogP contribution in [0.5, 0.6) is 0 Å². The minimum Gasteiger partial charge on any atom is -0.343 e. The molecule has 0 spiro atoms. The van der Waals surface area contributed by atoms with Crippen LogP contribution in [0.1, 0.15) is 4.88 Å². The van der Waals surface area contributed by atoms with Crippen LogP contribution in [0, 0.1) is 10.1 Å². The number of nitro groups is 1. The average Bonchev–Trinajstić information content (AvgIpc) is 2.79. The zero-order chi connectivity index (χ0) is 13.1. The summed E-state index contributed by atoms with van der Waals surface area (Å²) in [5, 5.41) is 11.2. The number of hydrogen-bond acceptors (Lipinski definition) is 7. The van der Waals surface area contributed by atoms with Crippen molar-refractivity contribution in [3.05, 3.63) is 49.9 Å². The summed E-state index contributed by atoms with van der Waals surface area (Å²) < 4.78 is 1.55. The molecule has 0 aliphatic heterocycles. The second-order valence-corrected chi connectivity index (χ2v) is 4.52. The first kappa shape index (κ1) is 12.2. The predicted molar refractivity (Wildman–Crippen MR) is 66.4 cm³/mol. The van der Waals surface area contributed by atoms with Crippen LogP contribution < -0.4 is 16.7 Å². The molecule has 0 saturated heterocycles. The molecule has 0 aliphatic carbocycles. The van der Waals surface area contributed by atoms with Crippen LogP contribution in [0.2, 0.25) is 0 Å². The molecule has 0 saturated carbocycles. The molecule has 0 atom stereocenters. The van der Waals surface area contributed by atoms with E-state index in [1.165, 1.54) is 29.8 Å². The van der Waals surface area contributed by atoms with E-state index < -0.39 is 16.0 Å². The monoisotopic (exact) mass is 267 g/mol. The Morgan fingerprint density at radius 2 is 2.39 bits per heavy atom. The maximum Gasteiger partial charge on any atom is 0.332 e. The molecule has 9 heteroatoms. The van der Waals surface area contributed by atoms with Gasteiger partial charge in [-0.25, -0.2) is 10.8 Å². The molecule has 0 unspecified atom stereocenters. The molecule has 2 rings (SSSR count). The quantitative estimate of drug-likeness (QED) is 0.474. The second kappa shape index (κ2) is 4.94. The van der Waals surface area contributed by atoms with Gasteiger partial charge in [-0.05, 0) is 0 Å². The first-order chi connectivity index (χ1) is 8.60. The number of aromatic nitrogens is 2. The molecule has 0 aliphatic rings. The first-order valence-electron chi connectivity index (χ1n) is 4.86. The van der Waals surface area contributed by atoms with Crippen molar-refractivity contribution in [1.82, 2.24) is 9.55 Å². The third-order valence-corrected chi connectivity index (χ3v) is 3.08. The fourth-order valence-electron chi connectivity index (χ4n) is 1.38. The van der Waals surface area contributed by atoms with Crippen LogP contribution in [0.4, 0.5) is 10.8 Å². The Balaban J connectivity index is 2.26. The molecule has 8 nitrogen and oxygen atoms in total. The molecular formula is C9H9N5O3S. The smallest absolute Gasteiger partial charge is 0.332 e. The Morgan fingerprint density at radius 1 is 1.61 bits per heavy atom. The van der Waals surface area contributed by atoms with Gasteiger partial charge in [-0.15, -0.1) is 0 Å². The number of thiazole rings is 1. The van der Waals surface area contributed by atoms with E-state index in [0.717, 1.165) is 4.88 Å². The Bertz CT molecular complexity index is 635. The summed E-state index contributed by atoms with van der Waals surface area (Å²) in [5.41, 5.74) is 1.36. The molecule has 94 valence electrons. The number of hydrazine groups is 1. The number of pyridine rings is 1. The lowest BCUT2D eigenvalue weighted by Crippen LogP contribution is -2.11. The Hall–Kier alpha value is -2.26. The maximum absolute atomic E-state index is 11.2. The van der Waals surface area contributed by atoms with Crippen molar-refractivity contribution < 1.29 is 4.92 Å². The van der Waals surface area contributed by atoms with Gasteiger partial charge in [0.05, 0.1) is 17.7 Å². The summed E-state index contributed by atoms with van der Waals surface area (Å²) in [6.07, 6.45) is 4.31. The van der Waals surface area contributed by atoms with Crippen LogP contribution in [0.15, 0.2) is 29.5 Å². The molecular weight excluding hydrogens is 258 g/mol. The zero-order valence-corrected chi connectivity index (χ0v) is 9.88. The highest BCUT2D eigenvalue weighted by Crippen LogP contribution is 2.18. The highest BCUT2D eigenvalue weighted by molar-refractivity contribution is 7.15. The van der Waals surface area contributed by atoms with Crippen LogP contribution in [0.3, 0.4) is 0 Å². The molecule has 2 aromatic heterocycles. The predicted octanol–water partition coefficient (Wildman–Crippen LogP) is 0.547. The van der Waals surface area contributed by atoms with Crippen LogP contribution in [-0.2, 0) is 6.54 Å². The summed E-state index contributed by atoms with van der Waals surface area (Å²) in [7, 11) is 0. The van der Waals surface area contributed by atoms with E-state index in [1.807, 2.05) is 0 Å².